The largest absolute Gasteiger partial charge is 0.416 e. The van der Waals surface area contributed by atoms with Crippen LogP contribution in [-0.4, -0.2) is 26.0 Å². The summed E-state index contributed by atoms with van der Waals surface area (Å²) in [5.74, 6) is 0.379. The summed E-state index contributed by atoms with van der Waals surface area (Å²) < 4.78 is 41.0. The zero-order chi connectivity index (χ0) is 18.2. The quantitative estimate of drug-likeness (QED) is 0.518. The molecule has 0 radical (unpaired) electrons. The Balaban J connectivity index is 2.30. The van der Waals surface area contributed by atoms with E-state index in [0.29, 0.717) is 23.2 Å². The van der Waals surface area contributed by atoms with Gasteiger partial charge in [-0.05, 0) is 41.5 Å². The number of aromatic nitrogens is 4. The molecule has 9 heteroatoms. The van der Waals surface area contributed by atoms with Crippen LogP contribution >= 0.6 is 11.6 Å². The van der Waals surface area contributed by atoms with Crippen LogP contribution in [-0.2, 0) is 13.2 Å². The second kappa shape index (κ2) is 6.29. The van der Waals surface area contributed by atoms with Crippen LogP contribution in [0.3, 0.4) is 0 Å². The summed E-state index contributed by atoms with van der Waals surface area (Å²) >= 11 is 5.89. The van der Waals surface area contributed by atoms with Gasteiger partial charge < -0.3 is 4.57 Å². The predicted octanol–water partition coefficient (Wildman–Crippen LogP) is 4.03. The summed E-state index contributed by atoms with van der Waals surface area (Å²) in [6, 6.07) is 6.04. The van der Waals surface area contributed by atoms with E-state index in [1.807, 2.05) is 0 Å². The predicted molar refractivity (Wildman–Crippen MR) is 85.1 cm³/mol. The van der Waals surface area contributed by atoms with E-state index in [1.165, 1.54) is 24.5 Å². The zero-order valence-electron chi connectivity index (χ0n) is 12.8. The summed E-state index contributed by atoms with van der Waals surface area (Å²) in [6.07, 6.45) is -2.60. The highest BCUT2D eigenvalue weighted by atomic mass is 35.5. The maximum Gasteiger partial charge on any atom is 0.416 e. The van der Waals surface area contributed by atoms with Crippen molar-refractivity contribution < 1.29 is 18.0 Å². The number of carbonyl (C=O) groups is 1. The molecule has 2 aromatic heterocycles. The highest BCUT2D eigenvalue weighted by Gasteiger charge is 2.31. The fraction of sp³-hybridized carbons (Fsp3) is 0.125. The first kappa shape index (κ1) is 17.1. The molecule has 3 aromatic rings. The Morgan fingerprint density at radius 2 is 1.92 bits per heavy atom. The highest BCUT2D eigenvalue weighted by Crippen LogP contribution is 2.37. The van der Waals surface area contributed by atoms with Gasteiger partial charge in [-0.25, -0.2) is 4.98 Å². The van der Waals surface area contributed by atoms with Crippen molar-refractivity contribution in [2.45, 2.75) is 6.18 Å². The smallest absolute Gasteiger partial charge is 0.317 e. The lowest BCUT2D eigenvalue weighted by molar-refractivity contribution is -0.137. The van der Waals surface area contributed by atoms with Crippen LogP contribution in [0.5, 0.6) is 0 Å². The molecule has 0 unspecified atom stereocenters. The van der Waals surface area contributed by atoms with Gasteiger partial charge in [0.1, 0.15) is 17.2 Å². The van der Waals surface area contributed by atoms with Crippen molar-refractivity contribution in [2.24, 2.45) is 7.05 Å². The number of hydrogen-bond donors (Lipinski definition) is 0. The van der Waals surface area contributed by atoms with Gasteiger partial charge in [0.2, 0.25) is 0 Å². The van der Waals surface area contributed by atoms with Gasteiger partial charge in [-0.2, -0.15) is 13.2 Å². The molecular weight excluding hydrogens is 357 g/mol. The second-order valence-electron chi connectivity index (χ2n) is 5.24. The Hall–Kier alpha value is -2.74. The fourth-order valence-corrected chi connectivity index (χ4v) is 2.63. The van der Waals surface area contributed by atoms with Crippen molar-refractivity contribution in [3.8, 4) is 22.5 Å². The number of halogens is 4. The number of rotatable bonds is 3. The Bertz CT molecular complexity index is 953. The average molecular weight is 367 g/mol. The Morgan fingerprint density at radius 1 is 1.16 bits per heavy atom. The van der Waals surface area contributed by atoms with Gasteiger partial charge in [0.15, 0.2) is 12.1 Å². The van der Waals surface area contributed by atoms with E-state index in [2.05, 4.69) is 15.2 Å². The number of hydrogen-bond acceptors (Lipinski definition) is 4. The molecule has 0 atom stereocenters. The number of pyridine rings is 1. The fourth-order valence-electron chi connectivity index (χ4n) is 2.41. The molecule has 0 bridgehead atoms. The second-order valence-corrected chi connectivity index (χ2v) is 5.63. The molecule has 0 N–H and O–H groups in total. The lowest BCUT2D eigenvalue weighted by Crippen LogP contribution is -2.06. The van der Waals surface area contributed by atoms with Crippen molar-refractivity contribution in [1.82, 2.24) is 19.7 Å². The number of alkyl halides is 3. The van der Waals surface area contributed by atoms with E-state index < -0.39 is 11.7 Å². The minimum atomic E-state index is -4.52. The molecule has 0 aliphatic heterocycles. The summed E-state index contributed by atoms with van der Waals surface area (Å²) in [7, 11) is 1.67. The van der Waals surface area contributed by atoms with Gasteiger partial charge in [0.25, 0.3) is 0 Å². The third kappa shape index (κ3) is 3.39. The van der Waals surface area contributed by atoms with Crippen molar-refractivity contribution in [2.75, 3.05) is 0 Å². The summed E-state index contributed by atoms with van der Waals surface area (Å²) in [5, 5.41) is 7.69. The van der Waals surface area contributed by atoms with E-state index in [1.54, 1.807) is 11.6 Å². The molecular formula is C16H10ClF3N4O. The zero-order valence-corrected chi connectivity index (χ0v) is 13.5. The summed E-state index contributed by atoms with van der Waals surface area (Å²) in [4.78, 5) is 14.8. The first-order chi connectivity index (χ1) is 11.8. The van der Waals surface area contributed by atoms with Crippen LogP contribution in [0, 0.1) is 0 Å². The van der Waals surface area contributed by atoms with Crippen molar-refractivity contribution in [3.63, 3.8) is 0 Å². The molecule has 2 heterocycles. The van der Waals surface area contributed by atoms with Gasteiger partial charge in [0, 0.05) is 12.6 Å². The van der Waals surface area contributed by atoms with Crippen LogP contribution < -0.4 is 0 Å². The molecule has 0 saturated heterocycles. The van der Waals surface area contributed by atoms with Crippen LogP contribution in [0.25, 0.3) is 22.5 Å². The summed E-state index contributed by atoms with van der Waals surface area (Å²) in [5.41, 5.74) is 0.162. The molecule has 1 aromatic carbocycles. The molecule has 0 fully saturated rings. The van der Waals surface area contributed by atoms with Crippen LogP contribution in [0.4, 0.5) is 13.2 Å². The van der Waals surface area contributed by atoms with Crippen LogP contribution in [0.2, 0.25) is 5.15 Å². The Labute approximate surface area is 145 Å². The van der Waals surface area contributed by atoms with Gasteiger partial charge in [-0.15, -0.1) is 10.2 Å². The first-order valence-corrected chi connectivity index (χ1v) is 7.36. The Kier molecular flexibility index (Phi) is 4.30. The molecule has 0 aliphatic rings. The number of aldehydes is 1. The normalized spacial score (nSPS) is 11.6. The van der Waals surface area contributed by atoms with E-state index in [9.17, 15) is 18.0 Å². The average Bonchev–Trinajstić information content (AvgIpc) is 2.98. The SMILES string of the molecule is Cn1cnnc1-c1ccc(C(F)(F)F)cc1-c1cc(Cl)nc(C=O)c1. The Morgan fingerprint density at radius 3 is 2.52 bits per heavy atom. The van der Waals surface area contributed by atoms with Crippen LogP contribution in [0.15, 0.2) is 36.7 Å². The highest BCUT2D eigenvalue weighted by molar-refractivity contribution is 6.29. The van der Waals surface area contributed by atoms with E-state index in [-0.39, 0.29) is 16.4 Å². The number of aryl methyl sites for hydroxylation is 1. The first-order valence-electron chi connectivity index (χ1n) is 6.98. The minimum absolute atomic E-state index is 0.000858. The van der Waals surface area contributed by atoms with E-state index in [0.717, 1.165) is 12.1 Å². The van der Waals surface area contributed by atoms with Gasteiger partial charge in [0.05, 0.1) is 5.56 Å². The monoisotopic (exact) mass is 366 g/mol. The van der Waals surface area contributed by atoms with Crippen molar-refractivity contribution >= 4 is 17.9 Å². The lowest BCUT2D eigenvalue weighted by Gasteiger charge is -2.14. The van der Waals surface area contributed by atoms with Gasteiger partial charge in [-0.3, -0.25) is 4.79 Å². The molecule has 25 heavy (non-hydrogen) atoms. The number of carbonyl (C=O) groups excluding carboxylic acids is 1. The van der Waals surface area contributed by atoms with Crippen molar-refractivity contribution in [3.05, 3.63) is 53.1 Å². The molecule has 5 nitrogen and oxygen atoms in total. The number of benzene rings is 1. The standard InChI is InChI=1S/C16H10ClF3N4O/c1-24-8-21-23-15(24)12-3-2-10(16(18,19)20)6-13(12)9-4-11(7-25)22-14(17)5-9/h2-8H,1H3. The molecule has 0 spiro atoms. The maximum atomic E-state index is 13.1. The molecule has 0 aliphatic carbocycles. The molecule has 0 amide bonds. The number of nitrogens with zero attached hydrogens (tertiary/aromatic N) is 4. The molecule has 128 valence electrons. The van der Waals surface area contributed by atoms with E-state index in [4.69, 9.17) is 11.6 Å². The van der Waals surface area contributed by atoms with Crippen molar-refractivity contribution in [1.29, 1.82) is 0 Å². The lowest BCUT2D eigenvalue weighted by atomic mass is 9.96. The van der Waals surface area contributed by atoms with E-state index >= 15 is 0 Å². The van der Waals surface area contributed by atoms with Gasteiger partial charge in [-0.1, -0.05) is 11.6 Å². The van der Waals surface area contributed by atoms with Crippen LogP contribution in [0.1, 0.15) is 16.1 Å². The topological polar surface area (TPSA) is 60.7 Å². The molecule has 0 saturated carbocycles. The molecule has 3 rings (SSSR count). The minimum Gasteiger partial charge on any atom is -0.317 e. The third-order valence-electron chi connectivity index (χ3n) is 3.54. The van der Waals surface area contributed by atoms with Gasteiger partial charge >= 0.3 is 6.18 Å². The summed E-state index contributed by atoms with van der Waals surface area (Å²) in [6.45, 7) is 0. The third-order valence-corrected chi connectivity index (χ3v) is 3.74. The maximum absolute atomic E-state index is 13.1.